The van der Waals surface area contributed by atoms with Gasteiger partial charge in [0, 0.05) is 30.1 Å². The molecule has 3 N–H and O–H groups in total. The van der Waals surface area contributed by atoms with Gasteiger partial charge in [0.15, 0.2) is 0 Å². The topological polar surface area (TPSA) is 96.3 Å². The lowest BCUT2D eigenvalue weighted by Gasteiger charge is -2.30. The number of nitrogens with zero attached hydrogens (tertiary/aromatic N) is 1. The Bertz CT molecular complexity index is 893. The molecule has 1 aliphatic rings. The first-order valence-corrected chi connectivity index (χ1v) is 9.08. The van der Waals surface area contributed by atoms with Crippen LogP contribution in [0.3, 0.4) is 0 Å². The van der Waals surface area contributed by atoms with Crippen LogP contribution in [0.25, 0.3) is 10.9 Å². The zero-order chi connectivity index (χ0) is 18.8. The second-order valence-electron chi connectivity index (χ2n) is 7.36. The van der Waals surface area contributed by atoms with Crippen molar-refractivity contribution in [1.82, 2.24) is 9.88 Å². The number of nitrogens with two attached hydrogens (primary N) is 1. The highest BCUT2D eigenvalue weighted by atomic mass is 16.2. The lowest BCUT2D eigenvalue weighted by Crippen LogP contribution is -2.42. The molecule has 1 aromatic carbocycles. The van der Waals surface area contributed by atoms with Crippen molar-refractivity contribution in [3.63, 3.8) is 0 Å². The summed E-state index contributed by atoms with van der Waals surface area (Å²) < 4.78 is 0. The largest absolute Gasteiger partial charge is 0.369 e. The van der Waals surface area contributed by atoms with E-state index >= 15 is 0 Å². The molecule has 2 amide bonds. The van der Waals surface area contributed by atoms with Gasteiger partial charge in [0.1, 0.15) is 0 Å². The number of amides is 2. The minimum atomic E-state index is -0.276. The van der Waals surface area contributed by atoms with Gasteiger partial charge in [-0.25, -0.2) is 0 Å². The number of rotatable bonds is 4. The quantitative estimate of drug-likeness (QED) is 0.877. The molecule has 0 atom stereocenters. The van der Waals surface area contributed by atoms with E-state index in [2.05, 4.69) is 4.98 Å². The molecule has 1 aromatic heterocycles. The summed E-state index contributed by atoms with van der Waals surface area (Å²) in [6.45, 7) is 5.12. The summed E-state index contributed by atoms with van der Waals surface area (Å²) in [4.78, 5) is 40.6. The summed E-state index contributed by atoms with van der Waals surface area (Å²) in [5.74, 6) is -0.201. The zero-order valence-electron chi connectivity index (χ0n) is 15.2. The second-order valence-corrected chi connectivity index (χ2v) is 7.36. The average Bonchev–Trinajstić information content (AvgIpc) is 2.61. The minimum Gasteiger partial charge on any atom is -0.369 e. The van der Waals surface area contributed by atoms with Crippen LogP contribution in [0.2, 0.25) is 0 Å². The summed E-state index contributed by atoms with van der Waals surface area (Å²) >= 11 is 0. The molecule has 138 valence electrons. The number of carbonyl (C=O) groups is 2. The van der Waals surface area contributed by atoms with E-state index in [1.807, 2.05) is 38.1 Å². The first-order valence-electron chi connectivity index (χ1n) is 9.08. The Kier molecular flexibility index (Phi) is 5.11. The van der Waals surface area contributed by atoms with Crippen molar-refractivity contribution in [2.24, 2.45) is 11.7 Å². The molecular formula is C20H25N3O3. The van der Waals surface area contributed by atoms with Gasteiger partial charge < -0.3 is 15.6 Å². The molecule has 0 saturated carbocycles. The first-order chi connectivity index (χ1) is 12.3. The Morgan fingerprint density at radius 2 is 1.92 bits per heavy atom. The van der Waals surface area contributed by atoms with Crippen LogP contribution in [-0.4, -0.2) is 34.8 Å². The van der Waals surface area contributed by atoms with Crippen LogP contribution in [0.15, 0.2) is 29.1 Å². The number of aromatic amines is 1. The predicted octanol–water partition coefficient (Wildman–Crippen LogP) is 1.92. The predicted molar refractivity (Wildman–Crippen MR) is 101 cm³/mol. The molecule has 1 saturated heterocycles. The molecule has 0 radical (unpaired) electrons. The Labute approximate surface area is 152 Å². The monoisotopic (exact) mass is 355 g/mol. The van der Waals surface area contributed by atoms with E-state index in [-0.39, 0.29) is 29.2 Å². The fraction of sp³-hybridized carbons (Fsp3) is 0.450. The van der Waals surface area contributed by atoms with E-state index in [4.69, 9.17) is 5.73 Å². The summed E-state index contributed by atoms with van der Waals surface area (Å²) in [6.07, 6.45) is 1.59. The van der Waals surface area contributed by atoms with Gasteiger partial charge in [0.25, 0.3) is 5.56 Å². The number of hydrogen-bond acceptors (Lipinski definition) is 3. The molecule has 2 aromatic rings. The number of H-pyrrole nitrogens is 1. The van der Waals surface area contributed by atoms with Gasteiger partial charge in [-0.05, 0) is 47.9 Å². The van der Waals surface area contributed by atoms with E-state index < -0.39 is 0 Å². The van der Waals surface area contributed by atoms with E-state index in [1.165, 1.54) is 0 Å². The van der Waals surface area contributed by atoms with Crippen LogP contribution < -0.4 is 11.3 Å². The lowest BCUT2D eigenvalue weighted by molar-refractivity contribution is -0.134. The summed E-state index contributed by atoms with van der Waals surface area (Å²) in [6, 6.07) is 7.60. The highest BCUT2D eigenvalue weighted by Gasteiger charge is 2.25. The summed E-state index contributed by atoms with van der Waals surface area (Å²) in [5.41, 5.74) is 7.72. The SMILES string of the molecule is CC(C)c1cc2cc(CC(=O)N3CCC(C(N)=O)CC3)ccc2[nH]c1=O. The number of primary amides is 1. The molecule has 2 heterocycles. The zero-order valence-corrected chi connectivity index (χ0v) is 15.2. The fourth-order valence-electron chi connectivity index (χ4n) is 3.51. The van der Waals surface area contributed by atoms with Crippen molar-refractivity contribution in [3.05, 3.63) is 45.7 Å². The number of fused-ring (bicyclic) bond motifs is 1. The van der Waals surface area contributed by atoms with E-state index in [0.717, 1.165) is 22.0 Å². The van der Waals surface area contributed by atoms with Gasteiger partial charge in [0.2, 0.25) is 11.8 Å². The van der Waals surface area contributed by atoms with Crippen LogP contribution >= 0.6 is 0 Å². The lowest BCUT2D eigenvalue weighted by atomic mass is 9.95. The molecular weight excluding hydrogens is 330 g/mol. The third kappa shape index (κ3) is 3.79. The molecule has 0 aliphatic carbocycles. The smallest absolute Gasteiger partial charge is 0.251 e. The molecule has 0 spiro atoms. The fourth-order valence-corrected chi connectivity index (χ4v) is 3.51. The van der Waals surface area contributed by atoms with Gasteiger partial charge in [-0.3, -0.25) is 14.4 Å². The number of benzene rings is 1. The average molecular weight is 355 g/mol. The van der Waals surface area contributed by atoms with E-state index in [9.17, 15) is 14.4 Å². The molecule has 3 rings (SSSR count). The maximum absolute atomic E-state index is 12.6. The maximum atomic E-state index is 12.6. The molecule has 1 aliphatic heterocycles. The van der Waals surface area contributed by atoms with Crippen molar-refractivity contribution in [3.8, 4) is 0 Å². The van der Waals surface area contributed by atoms with Crippen LogP contribution in [0.1, 0.15) is 43.7 Å². The van der Waals surface area contributed by atoms with Gasteiger partial charge in [-0.2, -0.15) is 0 Å². The number of aromatic nitrogens is 1. The molecule has 0 unspecified atom stereocenters. The van der Waals surface area contributed by atoms with Gasteiger partial charge in [-0.1, -0.05) is 19.9 Å². The number of piperidine rings is 1. The molecule has 26 heavy (non-hydrogen) atoms. The second kappa shape index (κ2) is 7.32. The van der Waals surface area contributed by atoms with Crippen molar-refractivity contribution in [2.75, 3.05) is 13.1 Å². The van der Waals surface area contributed by atoms with Crippen molar-refractivity contribution < 1.29 is 9.59 Å². The van der Waals surface area contributed by atoms with Crippen LogP contribution in [-0.2, 0) is 16.0 Å². The highest BCUT2D eigenvalue weighted by Crippen LogP contribution is 2.20. The Morgan fingerprint density at radius 3 is 2.54 bits per heavy atom. The summed E-state index contributed by atoms with van der Waals surface area (Å²) in [5, 5.41) is 0.936. The van der Waals surface area contributed by atoms with Crippen LogP contribution in [0, 0.1) is 5.92 Å². The Balaban J connectivity index is 1.74. The molecule has 0 bridgehead atoms. The summed E-state index contributed by atoms with van der Waals surface area (Å²) in [7, 11) is 0. The van der Waals surface area contributed by atoms with E-state index in [0.29, 0.717) is 32.4 Å². The van der Waals surface area contributed by atoms with Crippen LogP contribution in [0.5, 0.6) is 0 Å². The number of likely N-dealkylation sites (tertiary alicyclic amines) is 1. The first kappa shape index (κ1) is 18.2. The van der Waals surface area contributed by atoms with Crippen molar-refractivity contribution >= 4 is 22.7 Å². The third-order valence-electron chi connectivity index (χ3n) is 5.16. The molecule has 6 nitrogen and oxygen atoms in total. The Hall–Kier alpha value is -2.63. The van der Waals surface area contributed by atoms with Crippen molar-refractivity contribution in [1.29, 1.82) is 0 Å². The molecule has 1 fully saturated rings. The third-order valence-corrected chi connectivity index (χ3v) is 5.16. The standard InChI is InChI=1S/C20H25N3O3/c1-12(2)16-11-15-9-13(3-4-17(15)22-20(16)26)10-18(24)23-7-5-14(6-8-23)19(21)25/h3-4,9,11-12,14H,5-8,10H2,1-2H3,(H2,21,25)(H,22,26). The molecule has 6 heteroatoms. The minimum absolute atomic E-state index is 0.0563. The Morgan fingerprint density at radius 1 is 1.23 bits per heavy atom. The number of pyridine rings is 1. The van der Waals surface area contributed by atoms with Gasteiger partial charge in [0.05, 0.1) is 6.42 Å². The number of carbonyl (C=O) groups excluding carboxylic acids is 2. The van der Waals surface area contributed by atoms with E-state index in [1.54, 1.807) is 4.90 Å². The van der Waals surface area contributed by atoms with Crippen LogP contribution in [0.4, 0.5) is 0 Å². The van der Waals surface area contributed by atoms with Crippen molar-refractivity contribution in [2.45, 2.75) is 39.0 Å². The van der Waals surface area contributed by atoms with Gasteiger partial charge in [-0.15, -0.1) is 0 Å². The number of nitrogens with one attached hydrogen (secondary N) is 1. The highest BCUT2D eigenvalue weighted by molar-refractivity contribution is 5.84. The maximum Gasteiger partial charge on any atom is 0.251 e. The number of hydrogen-bond donors (Lipinski definition) is 2. The van der Waals surface area contributed by atoms with Gasteiger partial charge >= 0.3 is 0 Å². The normalized spacial score (nSPS) is 15.6.